The Hall–Kier alpha value is -3.84. The Labute approximate surface area is 295 Å². The zero-order valence-electron chi connectivity index (χ0n) is 29.9. The Balaban J connectivity index is 1.57. The van der Waals surface area contributed by atoms with Crippen LogP contribution < -0.4 is 11.1 Å². The Kier molecular flexibility index (Phi) is 14.3. The molecular formula is C39H52N2O9. The average Bonchev–Trinajstić information content (AvgIpc) is 3.06. The molecule has 0 bridgehead atoms. The van der Waals surface area contributed by atoms with Gasteiger partial charge >= 0.3 is 12.1 Å². The van der Waals surface area contributed by atoms with Crippen LogP contribution in [-0.2, 0) is 57.8 Å². The van der Waals surface area contributed by atoms with Crippen LogP contribution in [0.4, 0.5) is 4.79 Å². The van der Waals surface area contributed by atoms with Crippen LogP contribution in [0.5, 0.6) is 0 Å². The summed E-state index contributed by atoms with van der Waals surface area (Å²) in [5.74, 6) is -0.698. The first-order chi connectivity index (χ1) is 23.8. The summed E-state index contributed by atoms with van der Waals surface area (Å²) in [6, 6.07) is 27.3. The van der Waals surface area contributed by atoms with Gasteiger partial charge in [0.25, 0.3) is 0 Å². The molecular weight excluding hydrogens is 640 g/mol. The van der Waals surface area contributed by atoms with Gasteiger partial charge in [0.05, 0.1) is 39.1 Å². The summed E-state index contributed by atoms with van der Waals surface area (Å²) in [5, 5.41) is 2.58. The molecule has 0 unspecified atom stereocenters. The molecule has 0 aromatic heterocycles. The summed E-state index contributed by atoms with van der Waals surface area (Å²) in [4.78, 5) is 26.0. The first-order valence-electron chi connectivity index (χ1n) is 16.9. The number of ether oxygens (including phenoxy) is 7. The second kappa shape index (κ2) is 18.4. The molecule has 0 aliphatic carbocycles. The fourth-order valence-electron chi connectivity index (χ4n) is 5.20. The zero-order chi connectivity index (χ0) is 36.1. The largest absolute Gasteiger partial charge is 0.458 e. The Morgan fingerprint density at radius 2 is 1.18 bits per heavy atom. The lowest BCUT2D eigenvalue weighted by Gasteiger charge is -2.45. The Morgan fingerprint density at radius 3 is 1.68 bits per heavy atom. The van der Waals surface area contributed by atoms with Gasteiger partial charge in [0.1, 0.15) is 29.5 Å². The number of hydrogen-bond donors (Lipinski definition) is 2. The summed E-state index contributed by atoms with van der Waals surface area (Å²) >= 11 is 0. The van der Waals surface area contributed by atoms with Crippen molar-refractivity contribution in [3.8, 4) is 0 Å². The maximum Gasteiger partial charge on any atom is 0.408 e. The topological polar surface area (TPSA) is 137 Å². The highest BCUT2D eigenvalue weighted by atomic mass is 16.7. The number of esters is 1. The van der Waals surface area contributed by atoms with E-state index in [0.29, 0.717) is 6.61 Å². The van der Waals surface area contributed by atoms with Crippen molar-refractivity contribution in [1.29, 1.82) is 0 Å². The molecule has 1 fully saturated rings. The van der Waals surface area contributed by atoms with Crippen LogP contribution in [0.2, 0.25) is 0 Å². The molecule has 1 heterocycles. The van der Waals surface area contributed by atoms with Gasteiger partial charge in [-0.25, -0.2) is 9.59 Å². The molecule has 1 aliphatic rings. The SMILES string of the molecule is CC(C)(C)OC(=O)N[C@@H](CO[C@H]1O[C@H](COCc2ccccc2)[C@H](OCc2ccccc2)[C@H](OCc2ccccc2)[C@H]1N)C(=O)OC(C)(C)C. The van der Waals surface area contributed by atoms with Gasteiger partial charge in [-0.1, -0.05) is 91.0 Å². The number of alkyl carbamates (subject to hydrolysis) is 1. The van der Waals surface area contributed by atoms with Crippen molar-refractivity contribution in [3.05, 3.63) is 108 Å². The summed E-state index contributed by atoms with van der Waals surface area (Å²) in [7, 11) is 0. The molecule has 1 amide bonds. The molecule has 0 saturated carbocycles. The maximum atomic E-state index is 13.2. The predicted octanol–water partition coefficient (Wildman–Crippen LogP) is 5.68. The quantitative estimate of drug-likeness (QED) is 0.192. The van der Waals surface area contributed by atoms with E-state index < -0.39 is 60.0 Å². The van der Waals surface area contributed by atoms with Crippen LogP contribution in [0.1, 0.15) is 58.2 Å². The van der Waals surface area contributed by atoms with Gasteiger partial charge in [0.2, 0.25) is 0 Å². The fraction of sp³-hybridized carbons (Fsp3) is 0.487. The highest BCUT2D eigenvalue weighted by Crippen LogP contribution is 2.28. The number of nitrogens with one attached hydrogen (secondary N) is 1. The predicted molar refractivity (Wildman–Crippen MR) is 188 cm³/mol. The third-order valence-electron chi connectivity index (χ3n) is 7.47. The molecule has 3 aromatic rings. The monoisotopic (exact) mass is 692 g/mol. The van der Waals surface area contributed by atoms with Gasteiger partial charge in [-0.05, 0) is 58.2 Å². The van der Waals surface area contributed by atoms with Crippen LogP contribution in [0, 0.1) is 0 Å². The number of carbonyl (C=O) groups is 2. The minimum absolute atomic E-state index is 0.137. The minimum Gasteiger partial charge on any atom is -0.458 e. The summed E-state index contributed by atoms with van der Waals surface area (Å²) in [6.45, 7) is 11.1. The Morgan fingerprint density at radius 1 is 0.700 bits per heavy atom. The summed E-state index contributed by atoms with van der Waals surface area (Å²) in [5.41, 5.74) is 8.17. The third-order valence-corrected chi connectivity index (χ3v) is 7.47. The molecule has 272 valence electrons. The van der Waals surface area contributed by atoms with E-state index in [1.807, 2.05) is 91.0 Å². The highest BCUT2D eigenvalue weighted by Gasteiger charge is 2.47. The van der Waals surface area contributed by atoms with Crippen molar-refractivity contribution >= 4 is 12.1 Å². The summed E-state index contributed by atoms with van der Waals surface area (Å²) in [6.07, 6.45) is -3.89. The van der Waals surface area contributed by atoms with E-state index in [4.69, 9.17) is 38.9 Å². The fourth-order valence-corrected chi connectivity index (χ4v) is 5.20. The van der Waals surface area contributed by atoms with E-state index in [-0.39, 0.29) is 26.4 Å². The van der Waals surface area contributed by atoms with Crippen LogP contribution in [0.15, 0.2) is 91.0 Å². The number of rotatable bonds is 15. The van der Waals surface area contributed by atoms with Crippen molar-refractivity contribution < 1.29 is 42.7 Å². The van der Waals surface area contributed by atoms with E-state index in [2.05, 4.69) is 5.32 Å². The number of benzene rings is 3. The van der Waals surface area contributed by atoms with Crippen molar-refractivity contribution in [2.45, 2.75) is 109 Å². The van der Waals surface area contributed by atoms with Crippen molar-refractivity contribution in [2.24, 2.45) is 5.73 Å². The van der Waals surface area contributed by atoms with Gasteiger partial charge in [-0.15, -0.1) is 0 Å². The van der Waals surface area contributed by atoms with Crippen LogP contribution in [-0.4, -0.2) is 73.2 Å². The molecule has 0 radical (unpaired) electrons. The lowest BCUT2D eigenvalue weighted by atomic mass is 9.96. The molecule has 11 heteroatoms. The smallest absolute Gasteiger partial charge is 0.408 e. The molecule has 11 nitrogen and oxygen atoms in total. The van der Waals surface area contributed by atoms with Crippen molar-refractivity contribution in [2.75, 3.05) is 13.2 Å². The highest BCUT2D eigenvalue weighted by molar-refractivity contribution is 5.81. The lowest BCUT2D eigenvalue weighted by molar-refractivity contribution is -0.287. The average molecular weight is 693 g/mol. The first-order valence-corrected chi connectivity index (χ1v) is 16.9. The zero-order valence-corrected chi connectivity index (χ0v) is 29.9. The number of nitrogens with two attached hydrogens (primary N) is 1. The van der Waals surface area contributed by atoms with Gasteiger partial charge in [0.15, 0.2) is 12.3 Å². The second-order valence-corrected chi connectivity index (χ2v) is 14.2. The molecule has 3 N–H and O–H groups in total. The van der Waals surface area contributed by atoms with E-state index >= 15 is 0 Å². The van der Waals surface area contributed by atoms with Gasteiger partial charge < -0.3 is 44.2 Å². The van der Waals surface area contributed by atoms with Gasteiger partial charge in [-0.2, -0.15) is 0 Å². The van der Waals surface area contributed by atoms with E-state index in [1.165, 1.54) is 0 Å². The van der Waals surface area contributed by atoms with Crippen molar-refractivity contribution in [1.82, 2.24) is 5.32 Å². The standard InChI is InChI=1S/C39H52N2O9/c1-38(2,3)49-35(42)30(41-37(43)50-39(4,5)6)25-47-36-32(40)34(46-24-29-20-14-9-15-21-29)33(45-23-28-18-12-8-13-19-28)31(48-36)26-44-22-27-16-10-7-11-17-27/h7-21,30-34,36H,22-26,40H2,1-6H3,(H,41,43)/t30-,31+,32+,33-,34+,36-/m0/s1. The molecule has 50 heavy (non-hydrogen) atoms. The van der Waals surface area contributed by atoms with Gasteiger partial charge in [-0.3, -0.25) is 0 Å². The van der Waals surface area contributed by atoms with Crippen molar-refractivity contribution in [3.63, 3.8) is 0 Å². The number of hydrogen-bond acceptors (Lipinski definition) is 10. The maximum absolute atomic E-state index is 13.2. The van der Waals surface area contributed by atoms with Crippen LogP contribution >= 0.6 is 0 Å². The third kappa shape index (κ3) is 13.1. The summed E-state index contributed by atoms with van der Waals surface area (Å²) < 4.78 is 42.8. The minimum atomic E-state index is -1.22. The normalized spacial score (nSPS) is 21.6. The lowest BCUT2D eigenvalue weighted by Crippen LogP contribution is -2.64. The molecule has 6 atom stereocenters. The van der Waals surface area contributed by atoms with E-state index in [1.54, 1.807) is 41.5 Å². The molecule has 1 aliphatic heterocycles. The first kappa shape index (κ1) is 39.0. The number of carbonyl (C=O) groups excluding carboxylic acids is 2. The van der Waals surface area contributed by atoms with E-state index in [0.717, 1.165) is 16.7 Å². The van der Waals surface area contributed by atoms with Crippen LogP contribution in [0.3, 0.4) is 0 Å². The second-order valence-electron chi connectivity index (χ2n) is 14.2. The molecule has 0 spiro atoms. The molecule has 4 rings (SSSR count). The molecule has 1 saturated heterocycles. The molecule has 3 aromatic carbocycles. The Bertz CT molecular complexity index is 1450. The van der Waals surface area contributed by atoms with E-state index in [9.17, 15) is 9.59 Å². The number of amides is 1. The van der Waals surface area contributed by atoms with Gasteiger partial charge in [0, 0.05) is 0 Å². The van der Waals surface area contributed by atoms with Crippen LogP contribution in [0.25, 0.3) is 0 Å².